The number of hydrogen-bond donors (Lipinski definition) is 2. The van der Waals surface area contributed by atoms with Crippen LogP contribution in [-0.2, 0) is 16.9 Å². The van der Waals surface area contributed by atoms with E-state index < -0.39 is 0 Å². The van der Waals surface area contributed by atoms with Gasteiger partial charge in [0.15, 0.2) is 5.13 Å². The van der Waals surface area contributed by atoms with Crippen molar-refractivity contribution in [3.05, 3.63) is 40.9 Å². The molecular weight excluding hydrogens is 326 g/mol. The summed E-state index contributed by atoms with van der Waals surface area (Å²) in [5, 5.41) is 8.37. The van der Waals surface area contributed by atoms with Gasteiger partial charge in [-0.2, -0.15) is 0 Å². The third kappa shape index (κ3) is 3.52. The summed E-state index contributed by atoms with van der Waals surface area (Å²) in [6.07, 6.45) is 2.92. The molecule has 1 aromatic heterocycles. The number of urea groups is 1. The van der Waals surface area contributed by atoms with E-state index >= 15 is 0 Å². The van der Waals surface area contributed by atoms with Gasteiger partial charge >= 0.3 is 6.03 Å². The number of nitrogens with zero attached hydrogens (tertiary/aromatic N) is 1. The molecule has 2 amide bonds. The molecule has 1 heterocycles. The van der Waals surface area contributed by atoms with Gasteiger partial charge in [-0.1, -0.05) is 12.1 Å². The zero-order valence-electron chi connectivity index (χ0n) is 13.8. The van der Waals surface area contributed by atoms with Gasteiger partial charge in [0, 0.05) is 12.5 Å². The second kappa shape index (κ2) is 7.19. The van der Waals surface area contributed by atoms with Crippen molar-refractivity contribution in [2.45, 2.75) is 31.4 Å². The van der Waals surface area contributed by atoms with Crippen molar-refractivity contribution in [1.29, 1.82) is 0 Å². The second-order valence-electron chi connectivity index (χ2n) is 5.82. The van der Waals surface area contributed by atoms with E-state index in [0.717, 1.165) is 36.3 Å². The lowest BCUT2D eigenvalue weighted by Crippen LogP contribution is -2.52. The first kappa shape index (κ1) is 16.7. The highest BCUT2D eigenvalue weighted by molar-refractivity contribution is 7.13. The third-order valence-electron chi connectivity index (χ3n) is 4.25. The van der Waals surface area contributed by atoms with Crippen LogP contribution in [0, 0.1) is 0 Å². The molecule has 0 unspecified atom stereocenters. The van der Waals surface area contributed by atoms with Crippen molar-refractivity contribution < 1.29 is 14.3 Å². The van der Waals surface area contributed by atoms with Crippen molar-refractivity contribution >= 4 is 22.5 Å². The maximum Gasteiger partial charge on any atom is 0.321 e. The minimum absolute atomic E-state index is 0.240. The summed E-state index contributed by atoms with van der Waals surface area (Å²) >= 11 is 1.39. The van der Waals surface area contributed by atoms with E-state index in [-0.39, 0.29) is 11.6 Å². The fraction of sp³-hybridized carbons (Fsp3) is 0.412. The van der Waals surface area contributed by atoms with Gasteiger partial charge < -0.3 is 14.8 Å². The van der Waals surface area contributed by atoms with E-state index in [1.165, 1.54) is 11.3 Å². The van der Waals surface area contributed by atoms with Gasteiger partial charge in [-0.05, 0) is 37.0 Å². The summed E-state index contributed by atoms with van der Waals surface area (Å²) in [4.78, 5) is 16.7. The Morgan fingerprint density at radius 2 is 2.21 bits per heavy atom. The number of ether oxygens (including phenoxy) is 2. The molecular formula is C17H21N3O3S. The predicted octanol–water partition coefficient (Wildman–Crippen LogP) is 3.50. The van der Waals surface area contributed by atoms with E-state index in [9.17, 15) is 4.79 Å². The van der Waals surface area contributed by atoms with Gasteiger partial charge in [0.25, 0.3) is 0 Å². The standard InChI is InChI=1S/C17H21N3O3S/c1-22-10-13-11-24-16(18-13)19-15(21)20-17(7-4-8-17)12-5-3-6-14(9-12)23-2/h3,5-6,9,11H,4,7-8,10H2,1-2H3,(H2,18,19,20,21). The molecule has 6 nitrogen and oxygen atoms in total. The van der Waals surface area contributed by atoms with E-state index in [1.807, 2.05) is 29.6 Å². The summed E-state index contributed by atoms with van der Waals surface area (Å²) < 4.78 is 10.3. The average Bonchev–Trinajstić information content (AvgIpc) is 2.98. The third-order valence-corrected chi connectivity index (χ3v) is 5.05. The monoisotopic (exact) mass is 347 g/mol. The van der Waals surface area contributed by atoms with Crippen molar-refractivity contribution in [3.63, 3.8) is 0 Å². The van der Waals surface area contributed by atoms with E-state index in [0.29, 0.717) is 11.7 Å². The van der Waals surface area contributed by atoms with Gasteiger partial charge in [0.05, 0.1) is 24.9 Å². The van der Waals surface area contributed by atoms with E-state index in [4.69, 9.17) is 9.47 Å². The minimum atomic E-state index is -0.328. The Hall–Kier alpha value is -2.12. The molecule has 0 spiro atoms. The molecule has 0 aliphatic heterocycles. The van der Waals surface area contributed by atoms with Crippen molar-refractivity contribution in [3.8, 4) is 5.75 Å². The van der Waals surface area contributed by atoms with Crippen LogP contribution >= 0.6 is 11.3 Å². The molecule has 3 rings (SSSR count). The lowest BCUT2D eigenvalue weighted by molar-refractivity contribution is 0.182. The Bertz CT molecular complexity index is 713. The SMILES string of the molecule is COCc1csc(NC(=O)NC2(c3cccc(OC)c3)CCC2)n1. The molecule has 128 valence electrons. The summed E-state index contributed by atoms with van der Waals surface area (Å²) in [5.41, 5.74) is 1.55. The van der Waals surface area contributed by atoms with Crippen molar-refractivity contribution in [2.24, 2.45) is 0 Å². The number of rotatable bonds is 6. The van der Waals surface area contributed by atoms with Gasteiger partial charge in [-0.3, -0.25) is 5.32 Å². The molecule has 1 saturated carbocycles. The highest BCUT2D eigenvalue weighted by Gasteiger charge is 2.40. The van der Waals surface area contributed by atoms with Crippen LogP contribution in [0.4, 0.5) is 9.93 Å². The maximum absolute atomic E-state index is 12.4. The molecule has 0 saturated heterocycles. The van der Waals surface area contributed by atoms with Crippen LogP contribution in [0.2, 0.25) is 0 Å². The molecule has 1 fully saturated rings. The van der Waals surface area contributed by atoms with Crippen LogP contribution in [0.3, 0.4) is 0 Å². The van der Waals surface area contributed by atoms with Crippen LogP contribution in [0.15, 0.2) is 29.6 Å². The van der Waals surface area contributed by atoms with Crippen LogP contribution in [0.1, 0.15) is 30.5 Å². The number of anilines is 1. The molecule has 0 radical (unpaired) electrons. The van der Waals surface area contributed by atoms with Crippen molar-refractivity contribution in [2.75, 3.05) is 19.5 Å². The number of carbonyl (C=O) groups is 1. The second-order valence-corrected chi connectivity index (χ2v) is 6.68. The van der Waals surface area contributed by atoms with Crippen LogP contribution in [0.25, 0.3) is 0 Å². The maximum atomic E-state index is 12.4. The fourth-order valence-corrected chi connectivity index (χ4v) is 3.55. The molecule has 0 bridgehead atoms. The van der Waals surface area contributed by atoms with Crippen LogP contribution < -0.4 is 15.4 Å². The molecule has 7 heteroatoms. The number of thiazole rings is 1. The number of hydrogen-bond acceptors (Lipinski definition) is 5. The molecule has 1 aliphatic rings. The number of carbonyl (C=O) groups excluding carboxylic acids is 1. The fourth-order valence-electron chi connectivity index (χ4n) is 2.86. The molecule has 1 aliphatic carbocycles. The zero-order valence-corrected chi connectivity index (χ0v) is 14.6. The first-order valence-electron chi connectivity index (χ1n) is 7.82. The van der Waals surface area contributed by atoms with E-state index in [2.05, 4.69) is 15.6 Å². The Morgan fingerprint density at radius 1 is 1.38 bits per heavy atom. The largest absolute Gasteiger partial charge is 0.497 e. The number of benzene rings is 1. The summed E-state index contributed by atoms with van der Waals surface area (Å²) in [7, 11) is 3.26. The first-order valence-corrected chi connectivity index (χ1v) is 8.70. The van der Waals surface area contributed by atoms with Gasteiger partial charge in [0.2, 0.25) is 0 Å². The predicted molar refractivity (Wildman–Crippen MR) is 93.5 cm³/mol. The molecule has 2 N–H and O–H groups in total. The Kier molecular flexibility index (Phi) is 5.01. The highest BCUT2D eigenvalue weighted by atomic mass is 32.1. The number of amides is 2. The number of nitrogens with one attached hydrogen (secondary N) is 2. The molecule has 2 aromatic rings. The molecule has 0 atom stereocenters. The topological polar surface area (TPSA) is 72.5 Å². The van der Waals surface area contributed by atoms with Crippen LogP contribution in [0.5, 0.6) is 5.75 Å². The average molecular weight is 347 g/mol. The lowest BCUT2D eigenvalue weighted by Gasteiger charge is -2.43. The number of aromatic nitrogens is 1. The van der Waals surface area contributed by atoms with Gasteiger partial charge in [-0.15, -0.1) is 11.3 Å². The lowest BCUT2D eigenvalue weighted by atomic mass is 9.72. The summed E-state index contributed by atoms with van der Waals surface area (Å²) in [5.74, 6) is 0.796. The zero-order chi connectivity index (χ0) is 17.0. The Morgan fingerprint density at radius 3 is 2.88 bits per heavy atom. The van der Waals surface area contributed by atoms with E-state index in [1.54, 1.807) is 14.2 Å². The molecule has 24 heavy (non-hydrogen) atoms. The first-order chi connectivity index (χ1) is 11.6. The van der Waals surface area contributed by atoms with Gasteiger partial charge in [0.1, 0.15) is 5.75 Å². The normalized spacial score (nSPS) is 15.4. The molecule has 1 aromatic carbocycles. The van der Waals surface area contributed by atoms with Crippen molar-refractivity contribution in [1.82, 2.24) is 10.3 Å². The summed E-state index contributed by atoms with van der Waals surface area (Å²) in [6.45, 7) is 0.438. The van der Waals surface area contributed by atoms with Crippen LogP contribution in [-0.4, -0.2) is 25.2 Å². The highest BCUT2D eigenvalue weighted by Crippen LogP contribution is 2.42. The Labute approximate surface area is 145 Å². The quantitative estimate of drug-likeness (QED) is 0.839. The smallest absolute Gasteiger partial charge is 0.321 e. The summed E-state index contributed by atoms with van der Waals surface area (Å²) in [6, 6.07) is 7.63. The number of methoxy groups -OCH3 is 2. The minimum Gasteiger partial charge on any atom is -0.497 e. The Balaban J connectivity index is 1.68. The van der Waals surface area contributed by atoms with Gasteiger partial charge in [-0.25, -0.2) is 9.78 Å².